The lowest BCUT2D eigenvalue weighted by atomic mass is 10.4. The average molecular weight is 179 g/mol. The Bertz CT molecular complexity index is 138. The number of β-amino-alcohol motifs (C(OH)–C–C–N with tert-alkyl or cyclic N) is 1. The molecule has 0 spiro atoms. The third kappa shape index (κ3) is 3.49. The third-order valence-corrected chi connectivity index (χ3v) is 1.44. The largest absolute Gasteiger partial charge is 0.392 e. The molecule has 0 bridgehead atoms. The van der Waals surface area contributed by atoms with Crippen molar-refractivity contribution in [2.24, 2.45) is 0 Å². The van der Waals surface area contributed by atoms with Crippen molar-refractivity contribution in [1.82, 2.24) is 9.80 Å². The summed E-state index contributed by atoms with van der Waals surface area (Å²) in [6.07, 6.45) is 3.76. The fourth-order valence-corrected chi connectivity index (χ4v) is 1.05. The molecule has 0 aromatic heterocycles. The maximum atomic E-state index is 9.00. The predicted octanol–water partition coefficient (Wildman–Crippen LogP) is 0.465. The van der Waals surface area contributed by atoms with E-state index in [-0.39, 0.29) is 18.5 Å². The summed E-state index contributed by atoms with van der Waals surface area (Å²) in [6.45, 7) is 3.41. The molecule has 0 aromatic rings. The highest BCUT2D eigenvalue weighted by atomic mass is 35.5. The lowest BCUT2D eigenvalue weighted by Gasteiger charge is -2.19. The maximum absolute atomic E-state index is 9.00. The number of aliphatic hydroxyl groups excluding tert-OH is 1. The molecule has 1 heterocycles. The van der Waals surface area contributed by atoms with E-state index in [1.54, 1.807) is 6.92 Å². The Morgan fingerprint density at radius 2 is 2.18 bits per heavy atom. The highest BCUT2D eigenvalue weighted by Crippen LogP contribution is 2.03. The molecular formula is C7H15ClN2O. The summed E-state index contributed by atoms with van der Waals surface area (Å²) >= 11 is 0. The maximum Gasteiger partial charge on any atom is 0.0891 e. The molecule has 66 valence electrons. The second-order valence-electron chi connectivity index (χ2n) is 2.82. The summed E-state index contributed by atoms with van der Waals surface area (Å²) in [4.78, 5) is 4.15. The minimum absolute atomic E-state index is 0. The van der Waals surface area contributed by atoms with Crippen LogP contribution in [-0.2, 0) is 0 Å². The van der Waals surface area contributed by atoms with Gasteiger partial charge in [0.2, 0.25) is 0 Å². The van der Waals surface area contributed by atoms with Crippen LogP contribution in [0, 0.1) is 0 Å². The number of hydrogen-bond acceptors (Lipinski definition) is 3. The Labute approximate surface area is 73.7 Å². The Balaban J connectivity index is 0.000001000. The van der Waals surface area contributed by atoms with Gasteiger partial charge in [0.1, 0.15) is 0 Å². The molecule has 0 amide bonds. The molecule has 0 saturated heterocycles. The summed E-state index contributed by atoms with van der Waals surface area (Å²) in [5, 5.41) is 9.00. The smallest absolute Gasteiger partial charge is 0.0891 e. The van der Waals surface area contributed by atoms with E-state index in [2.05, 4.69) is 9.80 Å². The molecule has 0 fully saturated rings. The second kappa shape index (κ2) is 4.46. The molecule has 1 atom stereocenters. The van der Waals surface area contributed by atoms with Crippen LogP contribution < -0.4 is 0 Å². The minimum Gasteiger partial charge on any atom is -0.392 e. The molecule has 0 saturated carbocycles. The zero-order valence-corrected chi connectivity index (χ0v) is 7.71. The molecule has 1 aliphatic rings. The zero-order chi connectivity index (χ0) is 7.56. The van der Waals surface area contributed by atoms with Gasteiger partial charge in [-0.25, -0.2) is 0 Å². The number of nitrogens with zero attached hydrogens (tertiary/aromatic N) is 2. The summed E-state index contributed by atoms with van der Waals surface area (Å²) in [6, 6.07) is 0. The van der Waals surface area contributed by atoms with Crippen LogP contribution in [0.1, 0.15) is 6.92 Å². The van der Waals surface area contributed by atoms with Crippen LogP contribution in [0.4, 0.5) is 0 Å². The summed E-state index contributed by atoms with van der Waals surface area (Å²) < 4.78 is 0. The predicted molar refractivity (Wildman–Crippen MR) is 47.4 cm³/mol. The Morgan fingerprint density at radius 1 is 1.55 bits per heavy atom. The monoisotopic (exact) mass is 178 g/mol. The van der Waals surface area contributed by atoms with Gasteiger partial charge in [0.15, 0.2) is 0 Å². The Kier molecular flexibility index (Phi) is 4.30. The highest BCUT2D eigenvalue weighted by molar-refractivity contribution is 5.85. The van der Waals surface area contributed by atoms with Crippen molar-refractivity contribution in [1.29, 1.82) is 0 Å². The van der Waals surface area contributed by atoms with Crippen LogP contribution >= 0.6 is 12.4 Å². The first-order valence-corrected chi connectivity index (χ1v) is 3.49. The van der Waals surface area contributed by atoms with E-state index >= 15 is 0 Å². The van der Waals surface area contributed by atoms with E-state index in [1.165, 1.54) is 0 Å². The number of rotatable bonds is 2. The van der Waals surface area contributed by atoms with Crippen molar-refractivity contribution < 1.29 is 5.11 Å². The van der Waals surface area contributed by atoms with Gasteiger partial charge in [-0.15, -0.1) is 12.4 Å². The molecule has 1 rings (SSSR count). The standard InChI is InChI=1S/C7H14N2O.ClH/c1-7(10)5-9-4-3-8(2)6-9;/h3-4,7,10H,5-6H2,1-2H3;1H. The van der Waals surface area contributed by atoms with Gasteiger partial charge in [0, 0.05) is 26.0 Å². The first kappa shape index (κ1) is 10.6. The van der Waals surface area contributed by atoms with Crippen molar-refractivity contribution in [3.8, 4) is 0 Å². The van der Waals surface area contributed by atoms with Crippen LogP contribution in [0.25, 0.3) is 0 Å². The lowest BCUT2D eigenvalue weighted by Crippen LogP contribution is -2.28. The van der Waals surface area contributed by atoms with Crippen molar-refractivity contribution in [3.05, 3.63) is 12.4 Å². The number of aliphatic hydroxyl groups is 1. The van der Waals surface area contributed by atoms with Gasteiger partial charge in [-0.1, -0.05) is 0 Å². The van der Waals surface area contributed by atoms with E-state index in [0.717, 1.165) is 13.2 Å². The van der Waals surface area contributed by atoms with Crippen molar-refractivity contribution in [2.75, 3.05) is 20.3 Å². The average Bonchev–Trinajstić information content (AvgIpc) is 2.13. The van der Waals surface area contributed by atoms with E-state index in [9.17, 15) is 0 Å². The third-order valence-electron chi connectivity index (χ3n) is 1.44. The van der Waals surface area contributed by atoms with Gasteiger partial charge in [0.05, 0.1) is 12.8 Å². The molecule has 4 heteroatoms. The molecule has 1 N–H and O–H groups in total. The van der Waals surface area contributed by atoms with E-state index in [4.69, 9.17) is 5.11 Å². The molecular weight excluding hydrogens is 164 g/mol. The fourth-order valence-electron chi connectivity index (χ4n) is 1.05. The van der Waals surface area contributed by atoms with Crippen molar-refractivity contribution >= 4 is 12.4 Å². The van der Waals surface area contributed by atoms with Crippen LogP contribution in [0.5, 0.6) is 0 Å². The van der Waals surface area contributed by atoms with Crippen molar-refractivity contribution in [2.45, 2.75) is 13.0 Å². The first-order valence-electron chi connectivity index (χ1n) is 3.49. The highest BCUT2D eigenvalue weighted by Gasteiger charge is 2.09. The van der Waals surface area contributed by atoms with E-state index < -0.39 is 0 Å². The molecule has 0 aliphatic carbocycles. The van der Waals surface area contributed by atoms with Crippen LogP contribution in [-0.4, -0.2) is 41.3 Å². The van der Waals surface area contributed by atoms with Crippen LogP contribution in [0.2, 0.25) is 0 Å². The summed E-state index contributed by atoms with van der Waals surface area (Å²) in [5.41, 5.74) is 0. The topological polar surface area (TPSA) is 26.7 Å². The molecule has 1 unspecified atom stereocenters. The Hall–Kier alpha value is -0.410. The fraction of sp³-hybridized carbons (Fsp3) is 0.714. The van der Waals surface area contributed by atoms with Gasteiger partial charge in [-0.3, -0.25) is 0 Å². The normalized spacial score (nSPS) is 18.5. The van der Waals surface area contributed by atoms with Crippen molar-refractivity contribution in [3.63, 3.8) is 0 Å². The molecule has 3 nitrogen and oxygen atoms in total. The van der Waals surface area contributed by atoms with Gasteiger partial charge in [0.25, 0.3) is 0 Å². The second-order valence-corrected chi connectivity index (χ2v) is 2.82. The SMILES string of the molecule is CC(O)CN1C=CN(C)C1.Cl. The Morgan fingerprint density at radius 3 is 2.55 bits per heavy atom. The molecule has 11 heavy (non-hydrogen) atoms. The molecule has 0 aromatic carbocycles. The lowest BCUT2D eigenvalue weighted by molar-refractivity contribution is 0.142. The van der Waals surface area contributed by atoms with E-state index in [1.807, 2.05) is 19.4 Å². The molecule has 0 radical (unpaired) electrons. The van der Waals surface area contributed by atoms with Gasteiger partial charge in [-0.2, -0.15) is 0 Å². The van der Waals surface area contributed by atoms with Gasteiger partial charge < -0.3 is 14.9 Å². The van der Waals surface area contributed by atoms with E-state index in [0.29, 0.717) is 0 Å². The van der Waals surface area contributed by atoms with Crippen LogP contribution in [0.3, 0.4) is 0 Å². The summed E-state index contributed by atoms with van der Waals surface area (Å²) in [5.74, 6) is 0. The summed E-state index contributed by atoms with van der Waals surface area (Å²) in [7, 11) is 2.01. The number of halogens is 1. The van der Waals surface area contributed by atoms with Gasteiger partial charge in [-0.05, 0) is 6.92 Å². The first-order chi connectivity index (χ1) is 4.68. The zero-order valence-electron chi connectivity index (χ0n) is 6.90. The van der Waals surface area contributed by atoms with Gasteiger partial charge >= 0.3 is 0 Å². The molecule has 1 aliphatic heterocycles. The number of hydrogen-bond donors (Lipinski definition) is 1. The quantitative estimate of drug-likeness (QED) is 0.666. The minimum atomic E-state index is -0.240. The van der Waals surface area contributed by atoms with Crippen LogP contribution in [0.15, 0.2) is 12.4 Å².